The number of aryl methyl sites for hydroxylation is 1. The van der Waals surface area contributed by atoms with Gasteiger partial charge in [-0.25, -0.2) is 19.4 Å². The van der Waals surface area contributed by atoms with Crippen molar-refractivity contribution in [1.29, 1.82) is 0 Å². The van der Waals surface area contributed by atoms with Crippen LogP contribution >= 0.6 is 0 Å². The number of nitrogens with one attached hydrogen (secondary N) is 5. The molecule has 0 aliphatic rings. The number of guanidine groups is 1. The Kier molecular flexibility index (Phi) is 43.6. The van der Waals surface area contributed by atoms with Crippen molar-refractivity contribution in [3.63, 3.8) is 0 Å². The van der Waals surface area contributed by atoms with Crippen molar-refractivity contribution >= 4 is 54.1 Å². The van der Waals surface area contributed by atoms with Crippen LogP contribution in [0.2, 0.25) is 0 Å². The van der Waals surface area contributed by atoms with Crippen LogP contribution in [-0.4, -0.2) is 106 Å². The van der Waals surface area contributed by atoms with Crippen molar-refractivity contribution in [3.8, 4) is 0 Å². The molecule has 13 N–H and O–H groups in total. The first-order chi connectivity index (χ1) is 29.6. The van der Waals surface area contributed by atoms with Gasteiger partial charge in [0.25, 0.3) is 12.4 Å². The molecule has 1 aromatic rings. The second kappa shape index (κ2) is 43.1. The molecule has 0 radical (unpaired) electrons. The van der Waals surface area contributed by atoms with Crippen LogP contribution < -0.4 is 38.1 Å². The lowest BCUT2D eigenvalue weighted by Crippen LogP contribution is -2.51. The molecule has 0 aromatic heterocycles. The average Bonchev–Trinajstić information content (AvgIpc) is 3.24. The van der Waals surface area contributed by atoms with E-state index in [-0.39, 0.29) is 43.0 Å². The van der Waals surface area contributed by atoms with Gasteiger partial charge in [0.05, 0.1) is 6.54 Å². The molecular formula is C42H76N8O12. The van der Waals surface area contributed by atoms with Gasteiger partial charge in [-0.05, 0) is 88.0 Å². The molecule has 2 unspecified atom stereocenters. The van der Waals surface area contributed by atoms with E-state index in [0.717, 1.165) is 43.2 Å². The second-order valence-corrected chi connectivity index (χ2v) is 12.7. The van der Waals surface area contributed by atoms with Gasteiger partial charge < -0.3 is 58.5 Å². The van der Waals surface area contributed by atoms with Gasteiger partial charge in [-0.2, -0.15) is 0 Å². The first-order valence-electron chi connectivity index (χ1n) is 21.4. The normalized spacial score (nSPS) is 10.5. The zero-order valence-corrected chi connectivity index (χ0v) is 37.8. The molecule has 0 heterocycles. The van der Waals surface area contributed by atoms with E-state index in [4.69, 9.17) is 31.6 Å². The average molecular weight is 885 g/mol. The number of carboxylic acids is 3. The largest absolute Gasteiger partial charge is 0.483 e. The SMILES string of the molecule is CC.CC.CC.Cc1cc(C(=O)NCCCCCNC(=O)CCCCCCC(=O)NCCCCC(NC(=O)NC(CCC(=O)O)C(=O)O)C(=O)O)ccc1CN=C(N)N.O=CO. The molecular weight excluding hydrogens is 809 g/mol. The summed E-state index contributed by atoms with van der Waals surface area (Å²) in [5, 5.41) is 46.9. The number of nitrogens with two attached hydrogens (primary N) is 2. The van der Waals surface area contributed by atoms with Crippen LogP contribution in [0.3, 0.4) is 0 Å². The fourth-order valence-electron chi connectivity index (χ4n) is 5.09. The van der Waals surface area contributed by atoms with Crippen molar-refractivity contribution in [2.24, 2.45) is 16.5 Å². The summed E-state index contributed by atoms with van der Waals surface area (Å²) >= 11 is 0. The third kappa shape index (κ3) is 37.1. The number of benzene rings is 1. The highest BCUT2D eigenvalue weighted by molar-refractivity contribution is 5.94. The predicted molar refractivity (Wildman–Crippen MR) is 239 cm³/mol. The third-order valence-corrected chi connectivity index (χ3v) is 8.15. The molecule has 62 heavy (non-hydrogen) atoms. The maximum absolute atomic E-state index is 12.4. The number of rotatable bonds is 28. The molecule has 0 bridgehead atoms. The van der Waals surface area contributed by atoms with E-state index < -0.39 is 42.4 Å². The molecule has 0 saturated heterocycles. The van der Waals surface area contributed by atoms with Crippen molar-refractivity contribution in [2.75, 3.05) is 19.6 Å². The number of aliphatic imine (C=N–C) groups is 1. The molecule has 0 saturated carbocycles. The van der Waals surface area contributed by atoms with Crippen LogP contribution in [0, 0.1) is 6.92 Å². The third-order valence-electron chi connectivity index (χ3n) is 8.15. The van der Waals surface area contributed by atoms with Crippen LogP contribution in [0.1, 0.15) is 153 Å². The lowest BCUT2D eigenvalue weighted by Gasteiger charge is -2.18. The summed E-state index contributed by atoms with van der Waals surface area (Å²) < 4.78 is 0. The molecule has 1 rings (SSSR count). The topological polar surface area (TPSA) is 342 Å². The highest BCUT2D eigenvalue weighted by atomic mass is 16.4. The molecule has 0 aliphatic carbocycles. The standard InChI is InChI=1S/C35H56N8O10.3C2H6.CH2O2/c1-23-21-24(14-15-25(23)22-41-34(36)37)31(48)40-20-9-4-8-18-38-28(44)12-5-2-3-6-13-29(45)39-19-10-7-11-26(32(49)50)42-35(53)43-27(33(51)52)16-17-30(46)47;3*1-2;2-1-3/h14-15,21,26-27H,2-13,16-20,22H2,1H3,(H,38,44)(H,39,45)(H,40,48)(H,46,47)(H,49,50)(H,51,52)(H4,36,37,41)(H2,42,43,53);3*1-2H3;1H,(H,2,3). The van der Waals surface area contributed by atoms with Crippen molar-refractivity contribution < 1.29 is 58.8 Å². The second-order valence-electron chi connectivity index (χ2n) is 12.7. The Morgan fingerprint density at radius 2 is 1.08 bits per heavy atom. The van der Waals surface area contributed by atoms with Gasteiger partial charge in [0.1, 0.15) is 12.1 Å². The lowest BCUT2D eigenvalue weighted by atomic mass is 10.0. The number of aliphatic carboxylic acids is 3. The Balaban J connectivity index is -0.00000173. The number of nitrogens with zero attached hydrogens (tertiary/aromatic N) is 1. The fourth-order valence-corrected chi connectivity index (χ4v) is 5.09. The van der Waals surface area contributed by atoms with Gasteiger partial charge in [0, 0.05) is 44.5 Å². The number of unbranched alkanes of at least 4 members (excludes halogenated alkanes) is 6. The van der Waals surface area contributed by atoms with E-state index in [9.17, 15) is 38.7 Å². The maximum atomic E-state index is 12.4. The van der Waals surface area contributed by atoms with Crippen molar-refractivity contribution in [2.45, 2.75) is 157 Å². The minimum absolute atomic E-state index is 0.0138. The Morgan fingerprint density at radius 1 is 0.645 bits per heavy atom. The Hall–Kier alpha value is -5.95. The lowest BCUT2D eigenvalue weighted by molar-refractivity contribution is -0.141. The molecule has 1 aromatic carbocycles. The van der Waals surface area contributed by atoms with E-state index in [2.05, 4.69) is 31.6 Å². The Bertz CT molecular complexity index is 1460. The monoisotopic (exact) mass is 885 g/mol. The summed E-state index contributed by atoms with van der Waals surface area (Å²) in [5.41, 5.74) is 13.2. The quantitative estimate of drug-likeness (QED) is 0.0243. The summed E-state index contributed by atoms with van der Waals surface area (Å²) in [7, 11) is 0. The molecule has 356 valence electrons. The van der Waals surface area contributed by atoms with E-state index in [0.29, 0.717) is 70.3 Å². The molecule has 0 aliphatic heterocycles. The number of carbonyl (C=O) groups is 8. The molecule has 20 heteroatoms. The molecule has 20 nitrogen and oxygen atoms in total. The summed E-state index contributed by atoms with van der Waals surface area (Å²) in [6.07, 6.45) is 6.17. The highest BCUT2D eigenvalue weighted by Gasteiger charge is 2.24. The Labute approximate surface area is 366 Å². The van der Waals surface area contributed by atoms with Crippen LogP contribution in [-0.2, 0) is 35.3 Å². The van der Waals surface area contributed by atoms with Crippen LogP contribution in [0.15, 0.2) is 23.2 Å². The number of hydrogen-bond acceptors (Lipinski definition) is 9. The van der Waals surface area contributed by atoms with Crippen LogP contribution in [0.25, 0.3) is 0 Å². The van der Waals surface area contributed by atoms with Crippen LogP contribution in [0.4, 0.5) is 4.79 Å². The minimum Gasteiger partial charge on any atom is -0.483 e. The summed E-state index contributed by atoms with van der Waals surface area (Å²) in [6.45, 7) is 15.4. The van der Waals surface area contributed by atoms with Gasteiger partial charge >= 0.3 is 23.9 Å². The van der Waals surface area contributed by atoms with Gasteiger partial charge in [0.2, 0.25) is 11.8 Å². The molecule has 5 amide bonds. The summed E-state index contributed by atoms with van der Waals surface area (Å²) in [4.78, 5) is 94.5. The number of carboxylic acid groups (broad SMARTS) is 4. The van der Waals surface area contributed by atoms with E-state index >= 15 is 0 Å². The summed E-state index contributed by atoms with van der Waals surface area (Å²) in [6, 6.07) is 1.58. The van der Waals surface area contributed by atoms with Crippen LogP contribution in [0.5, 0.6) is 0 Å². The molecule has 0 spiro atoms. The highest BCUT2D eigenvalue weighted by Crippen LogP contribution is 2.13. The minimum atomic E-state index is -1.48. The number of amides is 5. The number of carbonyl (C=O) groups excluding carboxylic acids is 4. The Morgan fingerprint density at radius 3 is 1.52 bits per heavy atom. The van der Waals surface area contributed by atoms with E-state index in [1.54, 1.807) is 12.1 Å². The number of urea groups is 1. The first-order valence-corrected chi connectivity index (χ1v) is 21.4. The number of hydrogen-bond donors (Lipinski definition) is 11. The van der Waals surface area contributed by atoms with E-state index in [1.807, 2.05) is 54.5 Å². The smallest absolute Gasteiger partial charge is 0.326 e. The van der Waals surface area contributed by atoms with E-state index in [1.165, 1.54) is 0 Å². The molecule has 0 fully saturated rings. The van der Waals surface area contributed by atoms with Gasteiger partial charge in [0.15, 0.2) is 5.96 Å². The fraction of sp³-hybridized carbons (Fsp3) is 0.643. The maximum Gasteiger partial charge on any atom is 0.326 e. The van der Waals surface area contributed by atoms with Crippen molar-refractivity contribution in [1.82, 2.24) is 26.6 Å². The predicted octanol–water partition coefficient (Wildman–Crippen LogP) is 4.26. The van der Waals surface area contributed by atoms with Crippen molar-refractivity contribution in [3.05, 3.63) is 34.9 Å². The summed E-state index contributed by atoms with van der Waals surface area (Å²) in [5.74, 6) is -4.28. The first kappa shape index (κ1) is 62.7. The zero-order chi connectivity index (χ0) is 48.3. The zero-order valence-electron chi connectivity index (χ0n) is 37.8. The van der Waals surface area contributed by atoms with Gasteiger partial charge in [-0.15, -0.1) is 0 Å². The van der Waals surface area contributed by atoms with Gasteiger partial charge in [-0.3, -0.25) is 24.0 Å². The molecule has 2 atom stereocenters. The van der Waals surface area contributed by atoms with Gasteiger partial charge in [-0.1, -0.05) is 60.5 Å².